The lowest BCUT2D eigenvalue weighted by molar-refractivity contribution is 0.0404. The Morgan fingerprint density at radius 1 is 0.536 bits per heavy atom. The van der Waals surface area contributed by atoms with Gasteiger partial charge < -0.3 is 14.0 Å². The van der Waals surface area contributed by atoms with Crippen molar-refractivity contribution in [2.45, 2.75) is 59.3 Å². The van der Waals surface area contributed by atoms with Crippen LogP contribution in [0.1, 0.15) is 59.3 Å². The normalized spacial score (nSPS) is 35.2. The molecule has 0 N–H and O–H groups in total. The van der Waals surface area contributed by atoms with Crippen LogP contribution in [-0.2, 0) is 14.0 Å². The third kappa shape index (κ3) is 6.61. The highest BCUT2D eigenvalue weighted by atomic mass is 16.7. The van der Waals surface area contributed by atoms with E-state index in [0.29, 0.717) is 35.5 Å². The van der Waals surface area contributed by atoms with E-state index in [1.807, 2.05) is 0 Å². The maximum atomic E-state index is 6.19. The summed E-state index contributed by atoms with van der Waals surface area (Å²) in [6.45, 7) is 9.12. The summed E-state index contributed by atoms with van der Waals surface area (Å²) in [6, 6.07) is 0. The van der Waals surface area contributed by atoms with Crippen LogP contribution in [0.5, 0.6) is 0 Å². The SMILES string of the molecule is C[C@@H]1CC=CC[C@@H]1COB(OC[C@@H]1CC=CC[C@H]1C)OC[C@@H]1CC=CC[C@@H]1C. The maximum Gasteiger partial charge on any atom is 0.639 e. The first-order valence-electron chi connectivity index (χ1n) is 11.4. The summed E-state index contributed by atoms with van der Waals surface area (Å²) in [6.07, 6.45) is 20.5. The molecular weight excluding hydrogens is 347 g/mol. The van der Waals surface area contributed by atoms with Crippen LogP contribution in [0, 0.1) is 35.5 Å². The standard InChI is InChI=1S/C24H39BO3/c1-19-10-4-7-13-22(19)16-26-25(27-17-23-14-8-5-11-20(23)2)28-18-24-15-9-6-12-21(24)3/h4-9,19-24H,10-18H2,1-3H3/t19-,20-,21+,22-,23+,24+/m1/s1. The van der Waals surface area contributed by atoms with Crippen molar-refractivity contribution in [2.75, 3.05) is 19.8 Å². The zero-order valence-electron chi connectivity index (χ0n) is 18.1. The average Bonchev–Trinajstić information content (AvgIpc) is 2.71. The van der Waals surface area contributed by atoms with Crippen LogP contribution in [0.2, 0.25) is 0 Å². The van der Waals surface area contributed by atoms with Gasteiger partial charge in [-0.2, -0.15) is 0 Å². The smallest absolute Gasteiger partial charge is 0.386 e. The number of hydrogen-bond donors (Lipinski definition) is 0. The molecule has 0 saturated carbocycles. The lowest BCUT2D eigenvalue weighted by Crippen LogP contribution is -2.36. The number of allylic oxidation sites excluding steroid dienone is 6. The number of rotatable bonds is 9. The summed E-state index contributed by atoms with van der Waals surface area (Å²) in [5.74, 6) is 3.68. The molecule has 0 radical (unpaired) electrons. The van der Waals surface area contributed by atoms with Gasteiger partial charge in [0.2, 0.25) is 0 Å². The quantitative estimate of drug-likeness (QED) is 0.369. The van der Waals surface area contributed by atoms with Gasteiger partial charge in [-0.3, -0.25) is 0 Å². The predicted molar refractivity (Wildman–Crippen MR) is 117 cm³/mol. The Hall–Kier alpha value is -0.835. The molecule has 3 nitrogen and oxygen atoms in total. The summed E-state index contributed by atoms with van der Waals surface area (Å²) < 4.78 is 18.6. The van der Waals surface area contributed by atoms with Crippen molar-refractivity contribution in [3.8, 4) is 0 Å². The first-order valence-corrected chi connectivity index (χ1v) is 11.4. The lowest BCUT2D eigenvalue weighted by atomic mass is 9.84. The summed E-state index contributed by atoms with van der Waals surface area (Å²) in [7, 11) is -0.533. The van der Waals surface area contributed by atoms with Crippen LogP contribution >= 0.6 is 0 Å². The van der Waals surface area contributed by atoms with Gasteiger partial charge in [-0.25, -0.2) is 0 Å². The molecule has 0 amide bonds. The summed E-state index contributed by atoms with van der Waals surface area (Å²) in [5.41, 5.74) is 0. The largest absolute Gasteiger partial charge is 0.639 e. The van der Waals surface area contributed by atoms with E-state index in [1.165, 1.54) is 0 Å². The molecule has 4 heteroatoms. The fourth-order valence-electron chi connectivity index (χ4n) is 4.47. The Morgan fingerprint density at radius 3 is 1.11 bits per heavy atom. The van der Waals surface area contributed by atoms with Crippen LogP contribution in [0.4, 0.5) is 0 Å². The third-order valence-corrected chi connectivity index (χ3v) is 7.09. The van der Waals surface area contributed by atoms with E-state index in [1.54, 1.807) is 0 Å². The molecule has 3 aliphatic rings. The maximum absolute atomic E-state index is 6.19. The molecule has 0 saturated heterocycles. The van der Waals surface area contributed by atoms with Crippen molar-refractivity contribution in [1.82, 2.24) is 0 Å². The highest BCUT2D eigenvalue weighted by Gasteiger charge is 2.30. The second-order valence-electron chi connectivity index (χ2n) is 9.33. The molecule has 3 rings (SSSR count). The highest BCUT2D eigenvalue weighted by Crippen LogP contribution is 2.28. The molecule has 0 spiro atoms. The lowest BCUT2D eigenvalue weighted by Gasteiger charge is -2.30. The van der Waals surface area contributed by atoms with Gasteiger partial charge in [0.05, 0.1) is 0 Å². The van der Waals surface area contributed by atoms with Crippen molar-refractivity contribution >= 4 is 7.32 Å². The summed E-state index contributed by atoms with van der Waals surface area (Å²) in [5, 5.41) is 0. The summed E-state index contributed by atoms with van der Waals surface area (Å²) >= 11 is 0. The molecule has 0 unspecified atom stereocenters. The second-order valence-corrected chi connectivity index (χ2v) is 9.33. The molecule has 3 aliphatic carbocycles. The van der Waals surface area contributed by atoms with Crippen molar-refractivity contribution in [1.29, 1.82) is 0 Å². The highest BCUT2D eigenvalue weighted by molar-refractivity contribution is 6.36. The van der Waals surface area contributed by atoms with E-state index in [9.17, 15) is 0 Å². The van der Waals surface area contributed by atoms with Gasteiger partial charge >= 0.3 is 7.32 Å². The topological polar surface area (TPSA) is 27.7 Å². The van der Waals surface area contributed by atoms with Crippen molar-refractivity contribution in [3.05, 3.63) is 36.5 Å². The molecule has 0 aromatic rings. The molecular formula is C24H39BO3. The minimum absolute atomic E-state index is 0.533. The van der Waals surface area contributed by atoms with Gasteiger partial charge in [0.15, 0.2) is 0 Å². The molecule has 156 valence electrons. The van der Waals surface area contributed by atoms with Gasteiger partial charge in [-0.1, -0.05) is 57.2 Å². The van der Waals surface area contributed by atoms with Gasteiger partial charge in [0, 0.05) is 19.8 Å². The third-order valence-electron chi connectivity index (χ3n) is 7.09. The Kier molecular flexibility index (Phi) is 8.88. The van der Waals surface area contributed by atoms with Crippen LogP contribution < -0.4 is 0 Å². The molecule has 28 heavy (non-hydrogen) atoms. The van der Waals surface area contributed by atoms with Crippen LogP contribution in [-0.4, -0.2) is 27.1 Å². The first kappa shape index (κ1) is 21.9. The van der Waals surface area contributed by atoms with Gasteiger partial charge in [-0.05, 0) is 74.0 Å². The average molecular weight is 386 g/mol. The van der Waals surface area contributed by atoms with Gasteiger partial charge in [0.25, 0.3) is 0 Å². The van der Waals surface area contributed by atoms with Crippen LogP contribution in [0.15, 0.2) is 36.5 Å². The molecule has 6 atom stereocenters. The van der Waals surface area contributed by atoms with E-state index in [-0.39, 0.29) is 0 Å². The Bertz CT molecular complexity index is 468. The molecule has 0 bridgehead atoms. The zero-order valence-corrected chi connectivity index (χ0v) is 18.1. The molecule has 0 aromatic heterocycles. The fourth-order valence-corrected chi connectivity index (χ4v) is 4.47. The van der Waals surface area contributed by atoms with Gasteiger partial charge in [-0.15, -0.1) is 0 Å². The van der Waals surface area contributed by atoms with E-state index >= 15 is 0 Å². The molecule has 0 aliphatic heterocycles. The van der Waals surface area contributed by atoms with Gasteiger partial charge in [0.1, 0.15) is 0 Å². The van der Waals surface area contributed by atoms with E-state index < -0.39 is 7.32 Å². The monoisotopic (exact) mass is 386 g/mol. The zero-order chi connectivity index (χ0) is 19.8. The van der Waals surface area contributed by atoms with E-state index in [0.717, 1.165) is 58.3 Å². The second kappa shape index (κ2) is 11.4. The molecule has 0 heterocycles. The van der Waals surface area contributed by atoms with Crippen LogP contribution in [0.25, 0.3) is 0 Å². The van der Waals surface area contributed by atoms with Crippen molar-refractivity contribution in [3.63, 3.8) is 0 Å². The van der Waals surface area contributed by atoms with Crippen LogP contribution in [0.3, 0.4) is 0 Å². The molecule has 0 aromatic carbocycles. The van der Waals surface area contributed by atoms with E-state index in [2.05, 4.69) is 57.2 Å². The summed E-state index contributed by atoms with van der Waals surface area (Å²) in [4.78, 5) is 0. The van der Waals surface area contributed by atoms with E-state index in [4.69, 9.17) is 14.0 Å². The number of hydrogen-bond acceptors (Lipinski definition) is 3. The fraction of sp³-hybridized carbons (Fsp3) is 0.750. The molecule has 0 fully saturated rings. The Labute approximate surface area is 172 Å². The Morgan fingerprint density at radius 2 is 0.821 bits per heavy atom. The van der Waals surface area contributed by atoms with Crippen molar-refractivity contribution < 1.29 is 14.0 Å². The first-order chi connectivity index (χ1) is 13.6. The minimum atomic E-state index is -0.533. The minimum Gasteiger partial charge on any atom is -0.386 e. The Balaban J connectivity index is 1.50. The predicted octanol–water partition coefficient (Wildman–Crippen LogP) is 5.83. The van der Waals surface area contributed by atoms with Crippen molar-refractivity contribution in [2.24, 2.45) is 35.5 Å².